The van der Waals surface area contributed by atoms with Crippen LogP contribution in [0, 0.1) is 0 Å². The molecule has 2 nitrogen and oxygen atoms in total. The molecule has 0 radical (unpaired) electrons. The van der Waals surface area contributed by atoms with Gasteiger partial charge in [0.2, 0.25) is 5.91 Å². The lowest BCUT2D eigenvalue weighted by atomic mass is 9.97. The molecule has 0 N–H and O–H groups in total. The summed E-state index contributed by atoms with van der Waals surface area (Å²) in [6.07, 6.45) is 7.98. The van der Waals surface area contributed by atoms with Crippen LogP contribution in [0.4, 0.5) is 0 Å². The number of rotatable bonds is 1. The number of hydrogen-bond acceptors (Lipinski definition) is 1. The highest BCUT2D eigenvalue weighted by Gasteiger charge is 2.49. The van der Waals surface area contributed by atoms with Crippen LogP contribution in [-0.4, -0.2) is 16.3 Å². The van der Waals surface area contributed by atoms with E-state index in [4.69, 9.17) is 0 Å². The smallest absolute Gasteiger partial charge is 0.223 e. The second-order valence-electron chi connectivity index (χ2n) is 4.25. The van der Waals surface area contributed by atoms with Gasteiger partial charge in [0, 0.05) is 18.7 Å². The van der Waals surface area contributed by atoms with Gasteiger partial charge in [-0.05, 0) is 32.1 Å². The van der Waals surface area contributed by atoms with Crippen LogP contribution in [0.15, 0.2) is 11.8 Å². The molecule has 2 heteroatoms. The van der Waals surface area contributed by atoms with Crippen molar-refractivity contribution in [3.63, 3.8) is 0 Å². The standard InChI is InChI=1S/C11H17NO/c1-3-10-4-5-11(6-7-11)12(8-10)9(2)13/h8H,3-7H2,1-2H3. The molecule has 0 aromatic heterocycles. The zero-order valence-corrected chi connectivity index (χ0v) is 8.47. The van der Waals surface area contributed by atoms with Crippen molar-refractivity contribution in [2.45, 2.75) is 51.5 Å². The van der Waals surface area contributed by atoms with Crippen molar-refractivity contribution in [1.29, 1.82) is 0 Å². The second kappa shape index (κ2) is 2.86. The molecule has 0 bridgehead atoms. The fourth-order valence-corrected chi connectivity index (χ4v) is 2.23. The first kappa shape index (κ1) is 8.79. The second-order valence-corrected chi connectivity index (χ2v) is 4.25. The van der Waals surface area contributed by atoms with E-state index in [2.05, 4.69) is 13.1 Å². The minimum atomic E-state index is 0.211. The van der Waals surface area contributed by atoms with Crippen LogP contribution in [0.3, 0.4) is 0 Å². The molecule has 1 saturated carbocycles. The van der Waals surface area contributed by atoms with Crippen molar-refractivity contribution in [2.24, 2.45) is 0 Å². The lowest BCUT2D eigenvalue weighted by Crippen LogP contribution is -2.39. The highest BCUT2D eigenvalue weighted by atomic mass is 16.2. The van der Waals surface area contributed by atoms with Crippen molar-refractivity contribution in [2.75, 3.05) is 0 Å². The average Bonchev–Trinajstić information content (AvgIpc) is 2.86. The van der Waals surface area contributed by atoms with Gasteiger partial charge >= 0.3 is 0 Å². The Morgan fingerprint density at radius 1 is 1.54 bits per heavy atom. The SMILES string of the molecule is CCC1=CN(C(C)=O)C2(CC1)CC2. The van der Waals surface area contributed by atoms with E-state index in [0.29, 0.717) is 0 Å². The normalized spacial score (nSPS) is 24.5. The van der Waals surface area contributed by atoms with Crippen molar-refractivity contribution in [1.82, 2.24) is 4.90 Å². The molecule has 1 fully saturated rings. The third-order valence-electron chi connectivity index (χ3n) is 3.35. The lowest BCUT2D eigenvalue weighted by molar-refractivity contribution is -0.129. The third kappa shape index (κ3) is 1.38. The molecule has 1 amide bonds. The summed E-state index contributed by atoms with van der Waals surface area (Å²) in [6.45, 7) is 3.84. The minimum Gasteiger partial charge on any atom is -0.313 e. The molecule has 1 heterocycles. The predicted molar refractivity (Wildman–Crippen MR) is 52.1 cm³/mol. The molecular weight excluding hydrogens is 162 g/mol. The molecule has 72 valence electrons. The molecule has 1 aliphatic heterocycles. The zero-order chi connectivity index (χ0) is 9.47. The van der Waals surface area contributed by atoms with E-state index in [1.54, 1.807) is 6.92 Å². The number of carbonyl (C=O) groups is 1. The van der Waals surface area contributed by atoms with Crippen LogP contribution < -0.4 is 0 Å². The minimum absolute atomic E-state index is 0.211. The predicted octanol–water partition coefficient (Wildman–Crippen LogP) is 2.46. The van der Waals surface area contributed by atoms with Crippen molar-refractivity contribution < 1.29 is 4.79 Å². The van der Waals surface area contributed by atoms with E-state index in [1.807, 2.05) is 4.90 Å². The Labute approximate surface area is 79.6 Å². The van der Waals surface area contributed by atoms with Crippen molar-refractivity contribution >= 4 is 5.91 Å². The summed E-state index contributed by atoms with van der Waals surface area (Å²) in [4.78, 5) is 13.4. The van der Waals surface area contributed by atoms with Gasteiger partial charge in [0.15, 0.2) is 0 Å². The van der Waals surface area contributed by atoms with Gasteiger partial charge in [-0.15, -0.1) is 0 Å². The molecule has 2 aliphatic rings. The molecule has 0 atom stereocenters. The Hall–Kier alpha value is -0.790. The Morgan fingerprint density at radius 2 is 2.23 bits per heavy atom. The van der Waals surface area contributed by atoms with Crippen LogP contribution >= 0.6 is 0 Å². The zero-order valence-electron chi connectivity index (χ0n) is 8.47. The van der Waals surface area contributed by atoms with Crippen molar-refractivity contribution in [3.8, 4) is 0 Å². The Morgan fingerprint density at radius 3 is 2.69 bits per heavy atom. The first-order valence-corrected chi connectivity index (χ1v) is 5.17. The van der Waals surface area contributed by atoms with E-state index >= 15 is 0 Å². The third-order valence-corrected chi connectivity index (χ3v) is 3.35. The van der Waals surface area contributed by atoms with Gasteiger partial charge in [-0.1, -0.05) is 12.5 Å². The number of nitrogens with zero attached hydrogens (tertiary/aromatic N) is 1. The quantitative estimate of drug-likeness (QED) is 0.605. The maximum Gasteiger partial charge on any atom is 0.223 e. The number of allylic oxidation sites excluding steroid dienone is 1. The van der Waals surface area contributed by atoms with Gasteiger partial charge in [0.1, 0.15) is 0 Å². The molecule has 0 saturated heterocycles. The first-order chi connectivity index (χ1) is 6.18. The number of amides is 1. The molecule has 2 rings (SSSR count). The molecule has 1 spiro atoms. The van der Waals surface area contributed by atoms with Gasteiger partial charge < -0.3 is 4.90 Å². The topological polar surface area (TPSA) is 20.3 Å². The Bertz CT molecular complexity index is 263. The van der Waals surface area contributed by atoms with Crippen LogP contribution in [0.2, 0.25) is 0 Å². The van der Waals surface area contributed by atoms with Gasteiger partial charge in [0.05, 0.1) is 0 Å². The Kier molecular flexibility index (Phi) is 1.94. The van der Waals surface area contributed by atoms with Crippen LogP contribution in [-0.2, 0) is 4.79 Å². The molecular formula is C11H17NO. The first-order valence-electron chi connectivity index (χ1n) is 5.17. The Balaban J connectivity index is 2.22. The summed E-state index contributed by atoms with van der Waals surface area (Å²) < 4.78 is 0. The van der Waals surface area contributed by atoms with E-state index in [1.165, 1.54) is 31.3 Å². The van der Waals surface area contributed by atoms with E-state index in [0.717, 1.165) is 6.42 Å². The molecule has 0 aromatic rings. The van der Waals surface area contributed by atoms with Crippen molar-refractivity contribution in [3.05, 3.63) is 11.8 Å². The molecule has 1 aliphatic carbocycles. The summed E-state index contributed by atoms with van der Waals surface area (Å²) in [5.74, 6) is 0.211. The van der Waals surface area contributed by atoms with Gasteiger partial charge in [-0.25, -0.2) is 0 Å². The fourth-order valence-electron chi connectivity index (χ4n) is 2.23. The molecule has 0 unspecified atom stereocenters. The number of carbonyl (C=O) groups excluding carboxylic acids is 1. The van der Waals surface area contributed by atoms with E-state index in [9.17, 15) is 4.79 Å². The summed E-state index contributed by atoms with van der Waals surface area (Å²) in [5.41, 5.74) is 1.68. The lowest BCUT2D eigenvalue weighted by Gasteiger charge is -2.33. The van der Waals surface area contributed by atoms with Crippen LogP contribution in [0.5, 0.6) is 0 Å². The molecule has 13 heavy (non-hydrogen) atoms. The maximum absolute atomic E-state index is 11.4. The maximum atomic E-state index is 11.4. The van der Waals surface area contributed by atoms with E-state index < -0.39 is 0 Å². The van der Waals surface area contributed by atoms with Gasteiger partial charge in [-0.3, -0.25) is 4.79 Å². The number of hydrogen-bond donors (Lipinski definition) is 0. The largest absolute Gasteiger partial charge is 0.313 e. The summed E-state index contributed by atoms with van der Waals surface area (Å²) in [5, 5.41) is 0. The van der Waals surface area contributed by atoms with Crippen LogP contribution in [0.25, 0.3) is 0 Å². The average molecular weight is 179 g/mol. The summed E-state index contributed by atoms with van der Waals surface area (Å²) in [6, 6.07) is 0. The summed E-state index contributed by atoms with van der Waals surface area (Å²) >= 11 is 0. The van der Waals surface area contributed by atoms with Gasteiger partial charge in [-0.2, -0.15) is 0 Å². The highest BCUT2D eigenvalue weighted by molar-refractivity contribution is 5.76. The monoisotopic (exact) mass is 179 g/mol. The summed E-state index contributed by atoms with van der Waals surface area (Å²) in [7, 11) is 0. The molecule has 0 aromatic carbocycles. The van der Waals surface area contributed by atoms with Gasteiger partial charge in [0.25, 0.3) is 0 Å². The van der Waals surface area contributed by atoms with Crippen LogP contribution in [0.1, 0.15) is 46.0 Å². The van der Waals surface area contributed by atoms with E-state index in [-0.39, 0.29) is 11.4 Å². The highest BCUT2D eigenvalue weighted by Crippen LogP contribution is 2.49. The fraction of sp³-hybridized carbons (Fsp3) is 0.727.